The minimum Gasteiger partial charge on any atom is -0.265 e. The van der Waals surface area contributed by atoms with E-state index in [0.29, 0.717) is 12.0 Å². The number of hydrogen-bond acceptors (Lipinski definition) is 4. The van der Waals surface area contributed by atoms with Crippen LogP contribution in [0.25, 0.3) is 28.2 Å². The van der Waals surface area contributed by atoms with E-state index in [9.17, 15) is 0 Å². The number of hydrogen-bond donors (Lipinski definition) is 0. The monoisotopic (exact) mass is 398 g/mol. The van der Waals surface area contributed by atoms with Gasteiger partial charge in [0.15, 0.2) is 5.65 Å². The van der Waals surface area contributed by atoms with Crippen molar-refractivity contribution >= 4 is 5.65 Å². The lowest BCUT2D eigenvalue weighted by Crippen LogP contribution is -2.28. The maximum Gasteiger partial charge on any atom is 0.155 e. The molecule has 1 saturated carbocycles. The first-order chi connectivity index (χ1) is 14.7. The second kappa shape index (κ2) is 6.76. The number of aromatic nitrogens is 6. The number of fused-ring (bicyclic) bond motifs is 3. The van der Waals surface area contributed by atoms with Gasteiger partial charge in [-0.2, -0.15) is 10.2 Å². The lowest BCUT2D eigenvalue weighted by molar-refractivity contribution is 0.240. The molecule has 6 heteroatoms. The van der Waals surface area contributed by atoms with Crippen molar-refractivity contribution < 1.29 is 0 Å². The van der Waals surface area contributed by atoms with Gasteiger partial charge in [0.25, 0.3) is 0 Å². The van der Waals surface area contributed by atoms with E-state index >= 15 is 0 Å². The second-order valence-electron chi connectivity index (χ2n) is 8.79. The average molecular weight is 399 g/mol. The van der Waals surface area contributed by atoms with Crippen LogP contribution in [0.15, 0.2) is 36.8 Å². The van der Waals surface area contributed by atoms with Crippen LogP contribution in [0.4, 0.5) is 0 Å². The minimum atomic E-state index is 0.521. The Labute approximate surface area is 176 Å². The Bertz CT molecular complexity index is 1240. The highest BCUT2D eigenvalue weighted by Crippen LogP contribution is 2.50. The van der Waals surface area contributed by atoms with Crippen LogP contribution in [0, 0.1) is 6.92 Å². The van der Waals surface area contributed by atoms with E-state index in [2.05, 4.69) is 53.0 Å². The lowest BCUT2D eigenvalue weighted by atomic mass is 9.78. The Morgan fingerprint density at radius 3 is 2.80 bits per heavy atom. The molecule has 4 aromatic rings. The molecule has 0 aromatic carbocycles. The smallest absolute Gasteiger partial charge is 0.155 e. The van der Waals surface area contributed by atoms with E-state index in [4.69, 9.17) is 10.1 Å². The number of rotatable bonds is 4. The van der Waals surface area contributed by atoms with Crippen LogP contribution in [0.1, 0.15) is 67.9 Å². The van der Waals surface area contributed by atoms with Gasteiger partial charge in [0, 0.05) is 28.9 Å². The summed E-state index contributed by atoms with van der Waals surface area (Å²) in [5.41, 5.74) is 9.06. The van der Waals surface area contributed by atoms with E-state index in [1.54, 1.807) is 6.33 Å². The molecule has 0 saturated heterocycles. The molecule has 1 aliphatic carbocycles. The fraction of sp³-hybridized carbons (Fsp3) is 0.417. The third-order valence-electron chi connectivity index (χ3n) is 6.73. The first kappa shape index (κ1) is 17.8. The fourth-order valence-electron chi connectivity index (χ4n) is 5.43. The fourth-order valence-corrected chi connectivity index (χ4v) is 5.43. The topological polar surface area (TPSA) is 60.9 Å². The van der Waals surface area contributed by atoms with Crippen molar-refractivity contribution in [2.45, 2.75) is 64.3 Å². The third kappa shape index (κ3) is 2.70. The molecule has 0 radical (unpaired) electrons. The van der Waals surface area contributed by atoms with Gasteiger partial charge in [-0.15, -0.1) is 0 Å². The molecule has 0 atom stereocenters. The van der Waals surface area contributed by atoms with Gasteiger partial charge >= 0.3 is 0 Å². The Hall–Kier alpha value is -3.02. The van der Waals surface area contributed by atoms with Gasteiger partial charge in [-0.3, -0.25) is 9.67 Å². The van der Waals surface area contributed by atoms with E-state index in [1.165, 1.54) is 42.5 Å². The van der Waals surface area contributed by atoms with Crippen molar-refractivity contribution in [3.8, 4) is 22.5 Å². The molecule has 7 rings (SSSR count). The molecule has 0 N–H and O–H groups in total. The summed E-state index contributed by atoms with van der Waals surface area (Å²) < 4.78 is 4.19. The van der Waals surface area contributed by atoms with Crippen LogP contribution in [0.3, 0.4) is 0 Å². The molecular formula is C24H26N6. The largest absolute Gasteiger partial charge is 0.265 e. The molecule has 2 aliphatic heterocycles. The molecular weight excluding hydrogens is 372 g/mol. The summed E-state index contributed by atoms with van der Waals surface area (Å²) in [6.45, 7) is 4.31. The first-order valence-electron chi connectivity index (χ1n) is 11.1. The van der Waals surface area contributed by atoms with Crippen molar-refractivity contribution in [2.75, 3.05) is 0 Å². The molecule has 6 heterocycles. The summed E-state index contributed by atoms with van der Waals surface area (Å²) in [6.07, 6.45) is 10.9. The molecule has 1 fully saturated rings. The highest BCUT2D eigenvalue weighted by atomic mass is 15.3. The zero-order valence-corrected chi connectivity index (χ0v) is 17.5. The molecule has 0 spiro atoms. The van der Waals surface area contributed by atoms with E-state index in [1.807, 2.05) is 10.6 Å². The van der Waals surface area contributed by atoms with Crippen LogP contribution in [-0.2, 0) is 6.42 Å². The van der Waals surface area contributed by atoms with Gasteiger partial charge in [0.05, 0.1) is 17.4 Å². The molecule has 0 amide bonds. The predicted octanol–water partition coefficient (Wildman–Crippen LogP) is 5.13. The van der Waals surface area contributed by atoms with Gasteiger partial charge < -0.3 is 0 Å². The molecule has 3 aliphatic rings. The van der Waals surface area contributed by atoms with Gasteiger partial charge in [0.2, 0.25) is 0 Å². The highest BCUT2D eigenvalue weighted by Gasteiger charge is 2.38. The van der Waals surface area contributed by atoms with E-state index in [0.717, 1.165) is 41.1 Å². The first-order valence-corrected chi connectivity index (χ1v) is 11.1. The molecule has 152 valence electrons. The normalized spacial score (nSPS) is 20.1. The molecule has 6 nitrogen and oxygen atoms in total. The van der Waals surface area contributed by atoms with Gasteiger partial charge in [0.1, 0.15) is 12.0 Å². The SMILES string of the molecule is CCCc1cc(C)nc(-c2nn3c(c2-c2ccc4ncnn4c2)C2CCC3CC2)c1. The number of aryl methyl sites for hydroxylation is 2. The summed E-state index contributed by atoms with van der Waals surface area (Å²) in [5, 5.41) is 9.57. The molecule has 4 aromatic heterocycles. The predicted molar refractivity (Wildman–Crippen MR) is 116 cm³/mol. The standard InChI is InChI=1S/C24H26N6/c1-3-4-16-11-15(2)27-20(12-16)23-22(18-7-10-21-25-14-26-29(21)13-18)24-17-5-8-19(9-6-17)30(24)28-23/h7,10-14,17,19H,3-6,8-9H2,1-2H3. The van der Waals surface area contributed by atoms with Crippen LogP contribution in [0.5, 0.6) is 0 Å². The zero-order chi connectivity index (χ0) is 20.2. The van der Waals surface area contributed by atoms with Crippen LogP contribution < -0.4 is 0 Å². The quantitative estimate of drug-likeness (QED) is 0.478. The van der Waals surface area contributed by atoms with Gasteiger partial charge in [-0.05, 0) is 68.9 Å². The third-order valence-corrected chi connectivity index (χ3v) is 6.73. The molecule has 30 heavy (non-hydrogen) atoms. The summed E-state index contributed by atoms with van der Waals surface area (Å²) in [5.74, 6) is 0.581. The zero-order valence-electron chi connectivity index (χ0n) is 17.5. The molecule has 2 bridgehead atoms. The van der Waals surface area contributed by atoms with Crippen molar-refractivity contribution in [3.63, 3.8) is 0 Å². The van der Waals surface area contributed by atoms with E-state index in [-0.39, 0.29) is 0 Å². The Kier molecular flexibility index (Phi) is 4.01. The summed E-state index contributed by atoms with van der Waals surface area (Å²) in [6, 6.07) is 9.17. The average Bonchev–Trinajstić information content (AvgIpc) is 3.39. The van der Waals surface area contributed by atoms with E-state index < -0.39 is 0 Å². The lowest BCUT2D eigenvalue weighted by Gasteiger charge is -2.37. The van der Waals surface area contributed by atoms with Crippen LogP contribution in [-0.4, -0.2) is 29.4 Å². The number of pyridine rings is 2. The Morgan fingerprint density at radius 2 is 1.97 bits per heavy atom. The van der Waals surface area contributed by atoms with Crippen molar-refractivity contribution in [2.24, 2.45) is 0 Å². The van der Waals surface area contributed by atoms with Crippen LogP contribution >= 0.6 is 0 Å². The highest BCUT2D eigenvalue weighted by molar-refractivity contribution is 5.82. The van der Waals surface area contributed by atoms with Gasteiger partial charge in [-0.25, -0.2) is 9.50 Å². The van der Waals surface area contributed by atoms with Crippen molar-refractivity contribution in [1.82, 2.24) is 29.4 Å². The Morgan fingerprint density at radius 1 is 1.10 bits per heavy atom. The molecule has 0 unspecified atom stereocenters. The minimum absolute atomic E-state index is 0.521. The van der Waals surface area contributed by atoms with Crippen molar-refractivity contribution in [1.29, 1.82) is 0 Å². The maximum atomic E-state index is 5.20. The summed E-state index contributed by atoms with van der Waals surface area (Å²) in [7, 11) is 0. The summed E-state index contributed by atoms with van der Waals surface area (Å²) >= 11 is 0. The van der Waals surface area contributed by atoms with Crippen LogP contribution in [0.2, 0.25) is 0 Å². The second-order valence-corrected chi connectivity index (χ2v) is 8.79. The Balaban J connectivity index is 1.61. The van der Waals surface area contributed by atoms with Crippen molar-refractivity contribution in [3.05, 3.63) is 53.7 Å². The maximum absolute atomic E-state index is 5.20. The summed E-state index contributed by atoms with van der Waals surface area (Å²) in [4.78, 5) is 9.24. The van der Waals surface area contributed by atoms with Gasteiger partial charge in [-0.1, -0.05) is 13.3 Å². The number of nitrogens with zero attached hydrogens (tertiary/aromatic N) is 6.